The third-order valence-electron chi connectivity index (χ3n) is 7.43. The fourth-order valence-corrected chi connectivity index (χ4v) is 5.62. The topological polar surface area (TPSA) is 15.8 Å². The van der Waals surface area contributed by atoms with Crippen molar-refractivity contribution in [1.29, 1.82) is 0 Å². The van der Waals surface area contributed by atoms with E-state index in [4.69, 9.17) is 0 Å². The highest BCUT2D eigenvalue weighted by molar-refractivity contribution is 5.78. The minimum Gasteiger partial charge on any atom is -0.361 e. The molecular formula is C28H45N. The SMILES string of the molecule is C1CCCCC(C2CCCCCCCCC2)CCCC1.c1ccc2[nH]ccc2c1. The molecule has 4 rings (SSSR count). The summed E-state index contributed by atoms with van der Waals surface area (Å²) in [5, 5.41) is 1.28. The van der Waals surface area contributed by atoms with Crippen LogP contribution in [0.4, 0.5) is 0 Å². The van der Waals surface area contributed by atoms with Gasteiger partial charge in [-0.05, 0) is 29.4 Å². The third-order valence-corrected chi connectivity index (χ3v) is 7.43. The first kappa shape index (κ1) is 22.4. The predicted octanol–water partition coefficient (Wildman–Crippen LogP) is 9.44. The highest BCUT2D eigenvalue weighted by atomic mass is 14.7. The Morgan fingerprint density at radius 2 is 0.897 bits per heavy atom. The highest BCUT2D eigenvalue weighted by Crippen LogP contribution is 2.34. The van der Waals surface area contributed by atoms with Crippen molar-refractivity contribution < 1.29 is 0 Å². The molecule has 2 saturated carbocycles. The molecule has 0 atom stereocenters. The fourth-order valence-electron chi connectivity index (χ4n) is 5.62. The molecule has 0 saturated heterocycles. The molecule has 162 valence electrons. The fraction of sp³-hybridized carbons (Fsp3) is 0.714. The molecule has 0 radical (unpaired) electrons. The number of rotatable bonds is 1. The zero-order valence-electron chi connectivity index (χ0n) is 18.8. The maximum atomic E-state index is 3.12. The van der Waals surface area contributed by atoms with E-state index in [0.717, 1.165) is 11.8 Å². The molecule has 0 aliphatic heterocycles. The van der Waals surface area contributed by atoms with Gasteiger partial charge in [0.1, 0.15) is 0 Å². The molecule has 1 nitrogen and oxygen atoms in total. The molecule has 2 aromatic rings. The Hall–Kier alpha value is -1.24. The Balaban J connectivity index is 0.000000220. The van der Waals surface area contributed by atoms with E-state index in [1.54, 1.807) is 25.7 Å². The van der Waals surface area contributed by atoms with Crippen LogP contribution in [-0.4, -0.2) is 4.98 Å². The van der Waals surface area contributed by atoms with Crippen molar-refractivity contribution in [2.24, 2.45) is 11.8 Å². The molecule has 1 aromatic heterocycles. The van der Waals surface area contributed by atoms with Crippen molar-refractivity contribution in [3.05, 3.63) is 36.5 Å². The number of benzene rings is 1. The molecule has 2 fully saturated rings. The second kappa shape index (κ2) is 13.9. The van der Waals surface area contributed by atoms with E-state index in [0.29, 0.717) is 0 Å². The number of nitrogens with one attached hydrogen (secondary N) is 1. The van der Waals surface area contributed by atoms with Crippen LogP contribution in [-0.2, 0) is 0 Å². The number of fused-ring (bicyclic) bond motifs is 1. The summed E-state index contributed by atoms with van der Waals surface area (Å²) in [5.74, 6) is 2.18. The maximum absolute atomic E-state index is 3.12. The van der Waals surface area contributed by atoms with Crippen LogP contribution in [0.1, 0.15) is 116 Å². The van der Waals surface area contributed by atoms with Gasteiger partial charge < -0.3 is 4.98 Å². The van der Waals surface area contributed by atoms with Crippen LogP contribution >= 0.6 is 0 Å². The maximum Gasteiger partial charge on any atom is 0.0453 e. The Morgan fingerprint density at radius 3 is 1.34 bits per heavy atom. The summed E-state index contributed by atoms with van der Waals surface area (Å²) in [6, 6.07) is 10.3. The van der Waals surface area contributed by atoms with Crippen LogP contribution in [0.2, 0.25) is 0 Å². The van der Waals surface area contributed by atoms with E-state index in [1.165, 1.54) is 101 Å². The zero-order chi connectivity index (χ0) is 20.0. The van der Waals surface area contributed by atoms with Gasteiger partial charge in [-0.15, -0.1) is 0 Å². The Labute approximate surface area is 180 Å². The van der Waals surface area contributed by atoms with Gasteiger partial charge in [-0.2, -0.15) is 0 Å². The van der Waals surface area contributed by atoms with Crippen LogP contribution in [0.3, 0.4) is 0 Å². The van der Waals surface area contributed by atoms with E-state index in [1.807, 2.05) is 18.3 Å². The lowest BCUT2D eigenvalue weighted by Gasteiger charge is -2.29. The normalized spacial score (nSPS) is 21.8. The van der Waals surface area contributed by atoms with Gasteiger partial charge in [0.15, 0.2) is 0 Å². The first-order chi connectivity index (χ1) is 14.4. The lowest BCUT2D eigenvalue weighted by atomic mass is 9.77. The molecule has 0 bridgehead atoms. The van der Waals surface area contributed by atoms with Gasteiger partial charge in [0, 0.05) is 11.7 Å². The van der Waals surface area contributed by atoms with Gasteiger partial charge in [-0.25, -0.2) is 0 Å². The monoisotopic (exact) mass is 395 g/mol. The van der Waals surface area contributed by atoms with Crippen LogP contribution in [0.15, 0.2) is 36.5 Å². The van der Waals surface area contributed by atoms with Gasteiger partial charge in [-0.3, -0.25) is 0 Å². The third kappa shape index (κ3) is 8.57. The Morgan fingerprint density at radius 1 is 0.483 bits per heavy atom. The van der Waals surface area contributed by atoms with Crippen molar-refractivity contribution in [1.82, 2.24) is 4.98 Å². The quantitative estimate of drug-likeness (QED) is 0.495. The van der Waals surface area contributed by atoms with Gasteiger partial charge in [0.05, 0.1) is 0 Å². The molecule has 1 heterocycles. The molecule has 1 aromatic carbocycles. The summed E-state index contributed by atoms with van der Waals surface area (Å²) < 4.78 is 0. The van der Waals surface area contributed by atoms with Crippen molar-refractivity contribution in [2.75, 3.05) is 0 Å². The number of aromatic nitrogens is 1. The molecule has 29 heavy (non-hydrogen) atoms. The second-order valence-corrected chi connectivity index (χ2v) is 9.69. The van der Waals surface area contributed by atoms with E-state index in [9.17, 15) is 0 Å². The first-order valence-corrected chi connectivity index (χ1v) is 13.0. The van der Waals surface area contributed by atoms with E-state index in [2.05, 4.69) is 23.2 Å². The number of para-hydroxylation sites is 1. The van der Waals surface area contributed by atoms with E-state index in [-0.39, 0.29) is 0 Å². The first-order valence-electron chi connectivity index (χ1n) is 13.0. The molecule has 0 amide bonds. The van der Waals surface area contributed by atoms with Crippen molar-refractivity contribution in [3.63, 3.8) is 0 Å². The molecule has 0 spiro atoms. The number of H-pyrrole nitrogens is 1. The smallest absolute Gasteiger partial charge is 0.0453 e. The largest absolute Gasteiger partial charge is 0.361 e. The number of hydrogen-bond acceptors (Lipinski definition) is 0. The lowest BCUT2D eigenvalue weighted by molar-refractivity contribution is 0.230. The average molecular weight is 396 g/mol. The Bertz CT molecular complexity index is 568. The summed E-state index contributed by atoms with van der Waals surface area (Å²) in [7, 11) is 0. The number of aromatic amines is 1. The van der Waals surface area contributed by atoms with Gasteiger partial charge >= 0.3 is 0 Å². The zero-order valence-corrected chi connectivity index (χ0v) is 18.8. The molecule has 2 aliphatic rings. The van der Waals surface area contributed by atoms with Gasteiger partial charge in [-0.1, -0.05) is 134 Å². The summed E-state index contributed by atoms with van der Waals surface area (Å²) >= 11 is 0. The standard InChI is InChI=1S/C20H38.C8H7N/c1-3-7-11-15-19(16-12-8-4-1)20-17-13-9-5-2-6-10-14-18-20;1-2-4-8-7(3-1)5-6-9-8/h19-20H,1-18H2;1-6,9H. The van der Waals surface area contributed by atoms with Crippen molar-refractivity contribution >= 4 is 10.9 Å². The second-order valence-electron chi connectivity index (χ2n) is 9.69. The van der Waals surface area contributed by atoms with Crippen LogP contribution in [0.25, 0.3) is 10.9 Å². The van der Waals surface area contributed by atoms with Crippen molar-refractivity contribution in [2.45, 2.75) is 116 Å². The van der Waals surface area contributed by atoms with Gasteiger partial charge in [0.2, 0.25) is 0 Å². The average Bonchev–Trinajstić information content (AvgIpc) is 3.25. The van der Waals surface area contributed by atoms with E-state index < -0.39 is 0 Å². The van der Waals surface area contributed by atoms with Crippen LogP contribution < -0.4 is 0 Å². The lowest BCUT2D eigenvalue weighted by Crippen LogP contribution is -2.16. The molecular weight excluding hydrogens is 350 g/mol. The predicted molar refractivity (Wildman–Crippen MR) is 128 cm³/mol. The molecule has 1 heteroatoms. The highest BCUT2D eigenvalue weighted by Gasteiger charge is 2.21. The van der Waals surface area contributed by atoms with Crippen LogP contribution in [0.5, 0.6) is 0 Å². The minimum atomic E-state index is 1.09. The Kier molecular flexibility index (Phi) is 10.7. The van der Waals surface area contributed by atoms with Gasteiger partial charge in [0.25, 0.3) is 0 Å². The summed E-state index contributed by atoms with van der Waals surface area (Å²) in [6.45, 7) is 0. The van der Waals surface area contributed by atoms with Crippen molar-refractivity contribution in [3.8, 4) is 0 Å². The minimum absolute atomic E-state index is 1.09. The number of hydrogen-bond donors (Lipinski definition) is 1. The summed E-state index contributed by atoms with van der Waals surface area (Å²) in [6.07, 6.45) is 29.4. The van der Waals surface area contributed by atoms with E-state index >= 15 is 0 Å². The van der Waals surface area contributed by atoms with Crippen LogP contribution in [0, 0.1) is 11.8 Å². The molecule has 1 N–H and O–H groups in total. The summed E-state index contributed by atoms with van der Waals surface area (Å²) in [4.78, 5) is 3.12. The molecule has 0 unspecified atom stereocenters. The molecule has 2 aliphatic carbocycles. The summed E-state index contributed by atoms with van der Waals surface area (Å²) in [5.41, 5.74) is 1.21.